The van der Waals surface area contributed by atoms with Gasteiger partial charge in [-0.3, -0.25) is 4.79 Å². The van der Waals surface area contributed by atoms with Crippen LogP contribution < -0.4 is 5.32 Å². The molecular weight excluding hydrogens is 400 g/mol. The van der Waals surface area contributed by atoms with E-state index in [0.717, 1.165) is 22.6 Å². The number of nitrogens with one attached hydrogen (secondary N) is 1. The monoisotopic (exact) mass is 428 g/mol. The summed E-state index contributed by atoms with van der Waals surface area (Å²) in [5.74, 6) is 1.11. The maximum atomic E-state index is 13.0. The number of hydrogen-bond acceptors (Lipinski definition) is 4. The van der Waals surface area contributed by atoms with E-state index in [9.17, 15) is 4.79 Å². The van der Waals surface area contributed by atoms with Crippen molar-refractivity contribution in [1.82, 2.24) is 24.5 Å². The minimum atomic E-state index is -0.230. The zero-order chi connectivity index (χ0) is 22.9. The molecule has 7 nitrogen and oxygen atoms in total. The average Bonchev–Trinajstić information content (AvgIpc) is 3.31. The highest BCUT2D eigenvalue weighted by atomic mass is 16.1. The summed E-state index contributed by atoms with van der Waals surface area (Å²) in [4.78, 5) is 17.4. The number of aromatic nitrogens is 5. The molecule has 0 bridgehead atoms. The van der Waals surface area contributed by atoms with Crippen LogP contribution >= 0.6 is 0 Å². The Morgan fingerprint density at radius 3 is 2.34 bits per heavy atom. The molecule has 3 aromatic heterocycles. The lowest BCUT2D eigenvalue weighted by atomic mass is 9.92. The van der Waals surface area contributed by atoms with E-state index >= 15 is 0 Å². The third kappa shape index (κ3) is 4.61. The van der Waals surface area contributed by atoms with Gasteiger partial charge in [-0.2, -0.15) is 10.2 Å². The molecule has 7 heteroatoms. The second-order valence-electron chi connectivity index (χ2n) is 9.01. The molecule has 4 aromatic rings. The van der Waals surface area contributed by atoms with E-state index in [0.29, 0.717) is 23.7 Å². The maximum absolute atomic E-state index is 13.0. The van der Waals surface area contributed by atoms with Gasteiger partial charge in [0, 0.05) is 23.4 Å². The molecule has 0 aliphatic heterocycles. The van der Waals surface area contributed by atoms with Gasteiger partial charge in [0.1, 0.15) is 5.82 Å². The Kier molecular flexibility index (Phi) is 5.65. The topological polar surface area (TPSA) is 77.6 Å². The fraction of sp³-hybridized carbons (Fsp3) is 0.280. The van der Waals surface area contributed by atoms with E-state index in [1.54, 1.807) is 23.0 Å². The molecule has 0 saturated heterocycles. The zero-order valence-corrected chi connectivity index (χ0v) is 19.1. The van der Waals surface area contributed by atoms with Crippen LogP contribution in [-0.4, -0.2) is 30.5 Å². The van der Waals surface area contributed by atoms with Gasteiger partial charge in [-0.25, -0.2) is 14.3 Å². The predicted molar refractivity (Wildman–Crippen MR) is 125 cm³/mol. The molecule has 1 aromatic carbocycles. The number of amides is 1. The van der Waals surface area contributed by atoms with Crippen LogP contribution in [-0.2, 0) is 12.0 Å². The maximum Gasteiger partial charge on any atom is 0.258 e. The fourth-order valence-electron chi connectivity index (χ4n) is 3.46. The second kappa shape index (κ2) is 8.42. The van der Waals surface area contributed by atoms with E-state index in [2.05, 4.69) is 36.2 Å². The first kappa shape index (κ1) is 21.5. The first-order valence-corrected chi connectivity index (χ1v) is 10.6. The van der Waals surface area contributed by atoms with Crippen molar-refractivity contribution < 1.29 is 4.79 Å². The molecule has 0 saturated carbocycles. The Labute approximate surface area is 188 Å². The Morgan fingerprint density at radius 1 is 1.00 bits per heavy atom. The van der Waals surface area contributed by atoms with E-state index in [1.807, 2.05) is 61.0 Å². The lowest BCUT2D eigenvalue weighted by Gasteiger charge is -2.14. The van der Waals surface area contributed by atoms with Crippen LogP contribution in [0.15, 0.2) is 60.8 Å². The summed E-state index contributed by atoms with van der Waals surface area (Å²) in [5.41, 5.74) is 4.29. The molecule has 0 aliphatic carbocycles. The molecule has 1 N–H and O–H groups in total. The summed E-state index contributed by atoms with van der Waals surface area (Å²) in [5, 5.41) is 12.2. The average molecular weight is 429 g/mol. The third-order valence-corrected chi connectivity index (χ3v) is 5.20. The van der Waals surface area contributed by atoms with Crippen LogP contribution in [0.2, 0.25) is 0 Å². The van der Waals surface area contributed by atoms with E-state index in [1.165, 1.54) is 0 Å². The Morgan fingerprint density at radius 2 is 1.75 bits per heavy atom. The molecule has 0 unspecified atom stereocenters. The highest BCUT2D eigenvalue weighted by Crippen LogP contribution is 2.25. The SMILES string of the molecule is Cc1cc(C)n(-c2ccc(C(=O)Nc3cc(C(C)(C)C)nn3Cc3ccccc3)cn2)n1. The van der Waals surface area contributed by atoms with Crippen molar-refractivity contribution in [3.05, 3.63) is 89.0 Å². The highest BCUT2D eigenvalue weighted by molar-refractivity contribution is 6.03. The van der Waals surface area contributed by atoms with Gasteiger partial charge in [-0.15, -0.1) is 0 Å². The summed E-state index contributed by atoms with van der Waals surface area (Å²) < 4.78 is 3.60. The van der Waals surface area contributed by atoms with Crippen molar-refractivity contribution in [2.24, 2.45) is 0 Å². The van der Waals surface area contributed by atoms with Crippen LogP contribution in [0.25, 0.3) is 5.82 Å². The molecule has 3 heterocycles. The highest BCUT2D eigenvalue weighted by Gasteiger charge is 2.21. The normalized spacial score (nSPS) is 11.5. The van der Waals surface area contributed by atoms with Crippen LogP contribution in [0.4, 0.5) is 5.82 Å². The molecule has 0 aliphatic rings. The number of pyridine rings is 1. The van der Waals surface area contributed by atoms with Crippen LogP contribution in [0, 0.1) is 13.8 Å². The Balaban J connectivity index is 1.58. The van der Waals surface area contributed by atoms with Crippen molar-refractivity contribution >= 4 is 11.7 Å². The molecule has 32 heavy (non-hydrogen) atoms. The first-order chi connectivity index (χ1) is 15.2. The molecule has 4 rings (SSSR count). The van der Waals surface area contributed by atoms with Crippen molar-refractivity contribution in [2.75, 3.05) is 5.32 Å². The van der Waals surface area contributed by atoms with Gasteiger partial charge in [0.05, 0.1) is 23.5 Å². The number of hydrogen-bond donors (Lipinski definition) is 1. The number of benzene rings is 1. The van der Waals surface area contributed by atoms with Crippen molar-refractivity contribution in [1.29, 1.82) is 0 Å². The molecule has 0 atom stereocenters. The third-order valence-electron chi connectivity index (χ3n) is 5.20. The van der Waals surface area contributed by atoms with Crippen molar-refractivity contribution in [3.8, 4) is 5.82 Å². The van der Waals surface area contributed by atoms with Crippen LogP contribution in [0.3, 0.4) is 0 Å². The van der Waals surface area contributed by atoms with E-state index < -0.39 is 0 Å². The molecule has 0 radical (unpaired) electrons. The summed E-state index contributed by atoms with van der Waals surface area (Å²) in [6, 6.07) is 17.6. The fourth-order valence-corrected chi connectivity index (χ4v) is 3.46. The minimum absolute atomic E-state index is 0.135. The lowest BCUT2D eigenvalue weighted by Crippen LogP contribution is -2.17. The van der Waals surface area contributed by atoms with E-state index in [4.69, 9.17) is 5.10 Å². The number of anilines is 1. The number of nitrogens with zero attached hydrogens (tertiary/aromatic N) is 5. The Hall–Kier alpha value is -3.74. The molecule has 0 fully saturated rings. The number of carbonyl (C=O) groups is 1. The van der Waals surface area contributed by atoms with Gasteiger partial charge in [-0.1, -0.05) is 51.1 Å². The summed E-state index contributed by atoms with van der Waals surface area (Å²) >= 11 is 0. The number of rotatable bonds is 5. The van der Waals surface area contributed by atoms with Crippen molar-refractivity contribution in [3.63, 3.8) is 0 Å². The quantitative estimate of drug-likeness (QED) is 0.501. The summed E-state index contributed by atoms with van der Waals surface area (Å²) in [6.45, 7) is 10.8. The molecule has 0 spiro atoms. The predicted octanol–water partition coefficient (Wildman–Crippen LogP) is 4.68. The smallest absolute Gasteiger partial charge is 0.258 e. The number of aryl methyl sites for hydroxylation is 2. The summed E-state index contributed by atoms with van der Waals surface area (Å²) in [7, 11) is 0. The second-order valence-corrected chi connectivity index (χ2v) is 9.01. The largest absolute Gasteiger partial charge is 0.307 e. The zero-order valence-electron chi connectivity index (χ0n) is 19.1. The Bertz CT molecular complexity index is 1230. The van der Waals surface area contributed by atoms with Crippen LogP contribution in [0.5, 0.6) is 0 Å². The molecule has 164 valence electrons. The van der Waals surface area contributed by atoms with Gasteiger partial charge in [0.2, 0.25) is 0 Å². The van der Waals surface area contributed by atoms with Gasteiger partial charge < -0.3 is 5.32 Å². The van der Waals surface area contributed by atoms with Gasteiger partial charge in [0.25, 0.3) is 5.91 Å². The standard InChI is InChI=1S/C25H28N6O/c1-17-13-18(2)31(28-17)22-12-11-20(15-26-22)24(32)27-23-14-21(25(3,4)5)29-30(23)16-19-9-7-6-8-10-19/h6-15H,16H2,1-5H3,(H,27,32). The van der Waals surface area contributed by atoms with Crippen LogP contribution in [0.1, 0.15) is 53.8 Å². The first-order valence-electron chi connectivity index (χ1n) is 10.6. The molecule has 1 amide bonds. The minimum Gasteiger partial charge on any atom is -0.307 e. The van der Waals surface area contributed by atoms with E-state index in [-0.39, 0.29) is 11.3 Å². The summed E-state index contributed by atoms with van der Waals surface area (Å²) in [6.07, 6.45) is 1.57. The van der Waals surface area contributed by atoms with Gasteiger partial charge >= 0.3 is 0 Å². The van der Waals surface area contributed by atoms with Crippen molar-refractivity contribution in [2.45, 2.75) is 46.6 Å². The van der Waals surface area contributed by atoms with Gasteiger partial charge in [0.15, 0.2) is 5.82 Å². The molecular formula is C25H28N6O. The lowest BCUT2D eigenvalue weighted by molar-refractivity contribution is 0.102. The van der Waals surface area contributed by atoms with Gasteiger partial charge in [-0.05, 0) is 37.6 Å². The number of carbonyl (C=O) groups excluding carboxylic acids is 1.